The molecule has 0 radical (unpaired) electrons. The Morgan fingerprint density at radius 2 is 2.04 bits per heavy atom. The van der Waals surface area contributed by atoms with Crippen LogP contribution in [0.15, 0.2) is 24.3 Å². The Morgan fingerprint density at radius 1 is 1.28 bits per heavy atom. The zero-order valence-electron chi connectivity index (χ0n) is 15.4. The van der Waals surface area contributed by atoms with E-state index in [1.54, 1.807) is 6.08 Å². The van der Waals surface area contributed by atoms with Crippen molar-refractivity contribution in [1.82, 2.24) is 0 Å². The zero-order chi connectivity index (χ0) is 18.0. The molecule has 0 aromatic carbocycles. The quantitative estimate of drug-likeness (QED) is 0.587. The van der Waals surface area contributed by atoms with Crippen LogP contribution in [0, 0.1) is 34.5 Å². The molecule has 2 fully saturated rings. The standard InChI is InChI=1S/C21H29NO3/c1-12(23)25-18-11-17-15-5-4-13-10-14(24)6-8-20(13,2)16(15)7-9-21(17,3)19(18)22/h4-6,8,13,15-19H,7,9-11,22H2,1-3H3/t13?,15-,16-,17+,18?,19?,20+,21+/m1/s1. The summed E-state index contributed by atoms with van der Waals surface area (Å²) in [6.45, 7) is 6.07. The topological polar surface area (TPSA) is 69.4 Å². The molecular formula is C21H29NO3. The highest BCUT2D eigenvalue weighted by Gasteiger charge is 2.60. The Balaban J connectivity index is 1.67. The highest BCUT2D eigenvalue weighted by atomic mass is 16.5. The smallest absolute Gasteiger partial charge is 0.302 e. The molecule has 3 unspecified atom stereocenters. The summed E-state index contributed by atoms with van der Waals surface area (Å²) in [6, 6.07) is -0.0928. The van der Waals surface area contributed by atoms with Crippen molar-refractivity contribution in [1.29, 1.82) is 0 Å². The maximum Gasteiger partial charge on any atom is 0.302 e. The van der Waals surface area contributed by atoms with Gasteiger partial charge in [0.15, 0.2) is 5.78 Å². The number of allylic oxidation sites excluding steroid dienone is 4. The van der Waals surface area contributed by atoms with E-state index in [1.807, 2.05) is 0 Å². The van der Waals surface area contributed by atoms with E-state index >= 15 is 0 Å². The number of hydrogen-bond acceptors (Lipinski definition) is 4. The fraction of sp³-hybridized carbons (Fsp3) is 0.714. The van der Waals surface area contributed by atoms with E-state index in [1.165, 1.54) is 6.92 Å². The van der Waals surface area contributed by atoms with Crippen molar-refractivity contribution in [2.45, 2.75) is 58.6 Å². The second-order valence-electron chi connectivity index (χ2n) is 9.11. The number of ether oxygens (including phenoxy) is 1. The van der Waals surface area contributed by atoms with Crippen LogP contribution in [-0.4, -0.2) is 23.9 Å². The predicted octanol–water partition coefficient (Wildman–Crippen LogP) is 3.02. The van der Waals surface area contributed by atoms with Crippen LogP contribution in [0.3, 0.4) is 0 Å². The minimum atomic E-state index is -0.237. The van der Waals surface area contributed by atoms with Crippen molar-refractivity contribution < 1.29 is 14.3 Å². The first kappa shape index (κ1) is 17.0. The average Bonchev–Trinajstić information content (AvgIpc) is 2.79. The number of rotatable bonds is 1. The van der Waals surface area contributed by atoms with E-state index in [-0.39, 0.29) is 34.7 Å². The van der Waals surface area contributed by atoms with Crippen LogP contribution in [0.4, 0.5) is 0 Å². The molecule has 2 N–H and O–H groups in total. The monoisotopic (exact) mass is 343 g/mol. The Labute approximate surface area is 149 Å². The van der Waals surface area contributed by atoms with Gasteiger partial charge in [0.25, 0.3) is 0 Å². The molecule has 4 rings (SSSR count). The van der Waals surface area contributed by atoms with E-state index in [0.717, 1.165) is 19.3 Å². The minimum absolute atomic E-state index is 0.0169. The first-order valence-corrected chi connectivity index (χ1v) is 9.59. The summed E-state index contributed by atoms with van der Waals surface area (Å²) in [5.74, 6) is 1.74. The molecule has 0 saturated heterocycles. The molecule has 25 heavy (non-hydrogen) atoms. The summed E-state index contributed by atoms with van der Waals surface area (Å²) in [5, 5.41) is 0. The number of nitrogens with two attached hydrogens (primary N) is 1. The lowest BCUT2D eigenvalue weighted by Gasteiger charge is -2.56. The van der Waals surface area contributed by atoms with Gasteiger partial charge in [0, 0.05) is 19.4 Å². The van der Waals surface area contributed by atoms with Gasteiger partial charge >= 0.3 is 5.97 Å². The maximum absolute atomic E-state index is 11.9. The highest BCUT2D eigenvalue weighted by molar-refractivity contribution is 5.91. The van der Waals surface area contributed by atoms with E-state index < -0.39 is 0 Å². The van der Waals surface area contributed by atoms with Gasteiger partial charge < -0.3 is 10.5 Å². The van der Waals surface area contributed by atoms with Crippen molar-refractivity contribution in [3.8, 4) is 0 Å². The van der Waals surface area contributed by atoms with Gasteiger partial charge in [0.05, 0.1) is 0 Å². The molecule has 4 nitrogen and oxygen atoms in total. The van der Waals surface area contributed by atoms with Crippen molar-refractivity contribution in [3.05, 3.63) is 24.3 Å². The predicted molar refractivity (Wildman–Crippen MR) is 95.5 cm³/mol. The molecule has 0 aromatic heterocycles. The van der Waals surface area contributed by atoms with Crippen LogP contribution in [0.1, 0.15) is 46.5 Å². The summed E-state index contributed by atoms with van der Waals surface area (Å²) < 4.78 is 5.56. The third-order valence-electron chi connectivity index (χ3n) is 7.95. The van der Waals surface area contributed by atoms with Gasteiger partial charge in [-0.25, -0.2) is 0 Å². The first-order chi connectivity index (χ1) is 11.8. The Morgan fingerprint density at radius 3 is 2.76 bits per heavy atom. The number of esters is 1. The minimum Gasteiger partial charge on any atom is -0.461 e. The van der Waals surface area contributed by atoms with Crippen molar-refractivity contribution in [2.24, 2.45) is 40.2 Å². The number of hydrogen-bond donors (Lipinski definition) is 1. The number of carbonyl (C=O) groups is 2. The molecule has 0 aromatic rings. The maximum atomic E-state index is 11.9. The van der Waals surface area contributed by atoms with E-state index in [9.17, 15) is 9.59 Å². The van der Waals surface area contributed by atoms with Crippen molar-refractivity contribution in [2.75, 3.05) is 0 Å². The summed E-state index contributed by atoms with van der Waals surface area (Å²) in [7, 11) is 0. The van der Waals surface area contributed by atoms with Crippen molar-refractivity contribution in [3.63, 3.8) is 0 Å². The van der Waals surface area contributed by atoms with Gasteiger partial charge in [-0.05, 0) is 59.8 Å². The summed E-state index contributed by atoms with van der Waals surface area (Å²) in [4.78, 5) is 23.3. The van der Waals surface area contributed by atoms with Crippen LogP contribution < -0.4 is 5.73 Å². The molecule has 136 valence electrons. The molecule has 2 saturated carbocycles. The fourth-order valence-corrected chi connectivity index (χ4v) is 6.39. The van der Waals surface area contributed by atoms with E-state index in [0.29, 0.717) is 30.1 Å². The molecule has 4 aliphatic rings. The van der Waals surface area contributed by atoms with Crippen LogP contribution in [-0.2, 0) is 14.3 Å². The summed E-state index contributed by atoms with van der Waals surface area (Å²) in [6.07, 6.45) is 12.1. The molecule has 8 atom stereocenters. The van der Waals surface area contributed by atoms with Gasteiger partial charge in [-0.15, -0.1) is 0 Å². The molecule has 0 amide bonds. The van der Waals surface area contributed by atoms with Gasteiger partial charge in [-0.1, -0.05) is 32.1 Å². The first-order valence-electron chi connectivity index (χ1n) is 9.59. The lowest BCUT2D eigenvalue weighted by Crippen LogP contribution is -2.53. The Kier molecular flexibility index (Phi) is 3.77. The summed E-state index contributed by atoms with van der Waals surface area (Å²) in [5.41, 5.74) is 6.63. The molecule has 4 aliphatic carbocycles. The Hall–Kier alpha value is -1.42. The van der Waals surface area contributed by atoms with Gasteiger partial charge in [-0.3, -0.25) is 9.59 Å². The lowest BCUT2D eigenvalue weighted by atomic mass is 9.48. The number of ketones is 1. The zero-order valence-corrected chi connectivity index (χ0v) is 15.4. The normalized spacial score (nSPS) is 50.8. The largest absolute Gasteiger partial charge is 0.461 e. The van der Waals surface area contributed by atoms with Gasteiger partial charge in [0.2, 0.25) is 0 Å². The van der Waals surface area contributed by atoms with Crippen molar-refractivity contribution >= 4 is 11.8 Å². The molecular weight excluding hydrogens is 314 g/mol. The molecule has 0 heterocycles. The summed E-state index contributed by atoms with van der Waals surface area (Å²) >= 11 is 0. The SMILES string of the molecule is CC(=O)OC1C[C@H]2[C@@H]3C=CC4CC(=O)C=C[C@]4(C)[C@@H]3CC[C@]2(C)C1N. The van der Waals surface area contributed by atoms with Crippen LogP contribution in [0.5, 0.6) is 0 Å². The van der Waals surface area contributed by atoms with Crippen LogP contribution >= 0.6 is 0 Å². The van der Waals surface area contributed by atoms with Crippen LogP contribution in [0.2, 0.25) is 0 Å². The molecule has 0 aliphatic heterocycles. The van der Waals surface area contributed by atoms with Gasteiger partial charge in [0.1, 0.15) is 6.10 Å². The highest BCUT2D eigenvalue weighted by Crippen LogP contribution is 2.63. The molecule has 4 heteroatoms. The lowest BCUT2D eigenvalue weighted by molar-refractivity contribution is -0.147. The van der Waals surface area contributed by atoms with Gasteiger partial charge in [-0.2, -0.15) is 0 Å². The average molecular weight is 343 g/mol. The molecule has 0 bridgehead atoms. The third kappa shape index (κ3) is 2.37. The molecule has 0 spiro atoms. The van der Waals surface area contributed by atoms with E-state index in [2.05, 4.69) is 32.1 Å². The Bertz CT molecular complexity index is 668. The fourth-order valence-electron chi connectivity index (χ4n) is 6.39. The number of carbonyl (C=O) groups excluding carboxylic acids is 2. The third-order valence-corrected chi connectivity index (χ3v) is 7.95. The van der Waals surface area contributed by atoms with Crippen LogP contribution in [0.25, 0.3) is 0 Å². The van der Waals surface area contributed by atoms with E-state index in [4.69, 9.17) is 10.5 Å². The second-order valence-corrected chi connectivity index (χ2v) is 9.11. The second kappa shape index (κ2) is 5.54. The number of fused-ring (bicyclic) bond motifs is 5.